The number of rotatable bonds is 4. The summed E-state index contributed by atoms with van der Waals surface area (Å²) in [6.07, 6.45) is 0. The van der Waals surface area contributed by atoms with Crippen molar-refractivity contribution in [3.8, 4) is 11.8 Å². The molecule has 0 heterocycles. The first kappa shape index (κ1) is 20.1. The van der Waals surface area contributed by atoms with Crippen LogP contribution in [0, 0.1) is 11.3 Å². The molecule has 2 aromatic carbocycles. The molecule has 4 nitrogen and oxygen atoms in total. The average molecular weight is 428 g/mol. The Morgan fingerprint density at radius 1 is 1.04 bits per heavy atom. The van der Waals surface area contributed by atoms with E-state index >= 15 is 0 Å². The molecule has 134 valence electrons. The molecule has 2 aromatic rings. The standard InChI is InChI=1S/C20H22BrN3OSi/c1-20(2,3)18-17(11-10-14(12-22)19(18)25-26(4)5)24-13-23-16-9-7-6-8-15(16)21/h6-11,26H,1-5H3. The smallest absolute Gasteiger partial charge is 0.229 e. The maximum Gasteiger partial charge on any atom is 0.229 e. The van der Waals surface area contributed by atoms with Crippen LogP contribution in [0.1, 0.15) is 31.9 Å². The Kier molecular flexibility index (Phi) is 6.55. The van der Waals surface area contributed by atoms with Gasteiger partial charge in [0.2, 0.25) is 9.04 Å². The second-order valence-corrected chi connectivity index (χ2v) is 10.3. The van der Waals surface area contributed by atoms with Crippen LogP contribution in [0.25, 0.3) is 0 Å². The van der Waals surface area contributed by atoms with Gasteiger partial charge in [-0.05, 0) is 58.7 Å². The Morgan fingerprint density at radius 2 is 1.69 bits per heavy atom. The quantitative estimate of drug-likeness (QED) is 0.435. The van der Waals surface area contributed by atoms with Gasteiger partial charge in [-0.1, -0.05) is 32.9 Å². The highest BCUT2D eigenvalue weighted by atomic mass is 79.9. The lowest BCUT2D eigenvalue weighted by Gasteiger charge is -2.26. The topological polar surface area (TPSA) is 57.7 Å². The van der Waals surface area contributed by atoms with Crippen molar-refractivity contribution < 1.29 is 4.43 Å². The van der Waals surface area contributed by atoms with Gasteiger partial charge in [-0.15, -0.1) is 0 Å². The van der Waals surface area contributed by atoms with E-state index in [9.17, 15) is 5.26 Å². The number of hydrogen-bond acceptors (Lipinski definition) is 4. The zero-order chi connectivity index (χ0) is 19.3. The fraction of sp³-hybridized carbons (Fsp3) is 0.300. The number of aliphatic imine (C=N–C) groups is 2. The Bertz CT molecular complexity index is 904. The van der Waals surface area contributed by atoms with Gasteiger partial charge in [0.15, 0.2) is 0 Å². The fourth-order valence-electron chi connectivity index (χ4n) is 2.51. The summed E-state index contributed by atoms with van der Waals surface area (Å²) < 4.78 is 6.99. The Labute approximate surface area is 165 Å². The van der Waals surface area contributed by atoms with E-state index in [1.165, 1.54) is 0 Å². The van der Waals surface area contributed by atoms with E-state index in [1.54, 1.807) is 6.07 Å². The van der Waals surface area contributed by atoms with Gasteiger partial charge in [0.05, 0.1) is 16.9 Å². The van der Waals surface area contributed by atoms with E-state index in [0.29, 0.717) is 11.3 Å². The van der Waals surface area contributed by atoms with Crippen LogP contribution in [0.5, 0.6) is 5.75 Å². The summed E-state index contributed by atoms with van der Waals surface area (Å²) in [6.45, 7) is 10.4. The van der Waals surface area contributed by atoms with E-state index in [4.69, 9.17) is 4.43 Å². The lowest BCUT2D eigenvalue weighted by atomic mass is 9.84. The number of nitriles is 1. The predicted molar refractivity (Wildman–Crippen MR) is 113 cm³/mol. The summed E-state index contributed by atoms with van der Waals surface area (Å²) in [4.78, 5) is 8.74. The molecule has 0 fully saturated rings. The molecule has 0 radical (unpaired) electrons. The van der Waals surface area contributed by atoms with Crippen LogP contribution in [0.4, 0.5) is 11.4 Å². The lowest BCUT2D eigenvalue weighted by Crippen LogP contribution is -2.19. The molecule has 0 atom stereocenters. The molecular weight excluding hydrogens is 406 g/mol. The third-order valence-corrected chi connectivity index (χ3v) is 4.93. The minimum Gasteiger partial charge on any atom is -0.546 e. The van der Waals surface area contributed by atoms with E-state index in [0.717, 1.165) is 21.4 Å². The minimum absolute atomic E-state index is 0.237. The van der Waals surface area contributed by atoms with E-state index in [-0.39, 0.29) is 5.41 Å². The monoisotopic (exact) mass is 427 g/mol. The van der Waals surface area contributed by atoms with Gasteiger partial charge in [-0.25, -0.2) is 0 Å². The zero-order valence-corrected chi connectivity index (χ0v) is 18.4. The Morgan fingerprint density at radius 3 is 2.27 bits per heavy atom. The van der Waals surface area contributed by atoms with Crippen molar-refractivity contribution in [3.05, 3.63) is 52.0 Å². The first-order valence-corrected chi connectivity index (χ1v) is 12.0. The van der Waals surface area contributed by atoms with Gasteiger partial charge >= 0.3 is 0 Å². The van der Waals surface area contributed by atoms with Crippen LogP contribution in [0.3, 0.4) is 0 Å². The molecule has 0 spiro atoms. The molecule has 0 amide bonds. The summed E-state index contributed by atoms with van der Waals surface area (Å²) in [6, 6.07) is 16.2. The van der Waals surface area contributed by atoms with Crippen molar-refractivity contribution in [3.63, 3.8) is 0 Å². The van der Waals surface area contributed by atoms with E-state index in [2.05, 4.69) is 71.9 Å². The summed E-state index contributed by atoms with van der Waals surface area (Å²) in [5.41, 5.74) is 2.69. The molecule has 0 aliphatic carbocycles. The predicted octanol–water partition coefficient (Wildman–Crippen LogP) is 6.12. The van der Waals surface area contributed by atoms with Gasteiger partial charge in [0.25, 0.3) is 0 Å². The number of nitrogens with zero attached hydrogens (tertiary/aromatic N) is 3. The van der Waals surface area contributed by atoms with Crippen molar-refractivity contribution >= 4 is 42.4 Å². The second kappa shape index (κ2) is 8.46. The molecular formula is C20H22BrN3OSi. The average Bonchev–Trinajstić information content (AvgIpc) is 2.55. The number of halogens is 1. The molecule has 0 bridgehead atoms. The molecule has 0 aliphatic heterocycles. The van der Waals surface area contributed by atoms with E-state index in [1.807, 2.05) is 30.3 Å². The molecule has 0 N–H and O–H groups in total. The molecule has 0 saturated heterocycles. The summed E-state index contributed by atoms with van der Waals surface area (Å²) in [5.74, 6) is 0.644. The lowest BCUT2D eigenvalue weighted by molar-refractivity contribution is 0.520. The fourth-order valence-corrected chi connectivity index (χ4v) is 3.60. The Balaban J connectivity index is 2.60. The highest BCUT2D eigenvalue weighted by Crippen LogP contribution is 2.41. The molecule has 0 aromatic heterocycles. The third kappa shape index (κ3) is 4.92. The van der Waals surface area contributed by atoms with Gasteiger partial charge in [0.1, 0.15) is 17.8 Å². The van der Waals surface area contributed by atoms with Crippen LogP contribution in [0.2, 0.25) is 13.1 Å². The highest BCUT2D eigenvalue weighted by molar-refractivity contribution is 9.10. The van der Waals surface area contributed by atoms with Crippen molar-refractivity contribution in [1.82, 2.24) is 0 Å². The molecule has 0 aliphatic rings. The van der Waals surface area contributed by atoms with Crippen molar-refractivity contribution in [1.29, 1.82) is 5.26 Å². The maximum atomic E-state index is 9.48. The minimum atomic E-state index is -1.39. The van der Waals surface area contributed by atoms with E-state index < -0.39 is 9.04 Å². The number of hydrogen-bond donors (Lipinski definition) is 0. The second-order valence-electron chi connectivity index (χ2n) is 7.14. The van der Waals surface area contributed by atoms with Crippen molar-refractivity contribution in [2.75, 3.05) is 0 Å². The summed E-state index contributed by atoms with van der Waals surface area (Å²) >= 11 is 3.46. The first-order chi connectivity index (χ1) is 12.2. The van der Waals surface area contributed by atoms with Gasteiger partial charge in [-0.2, -0.15) is 15.2 Å². The van der Waals surface area contributed by atoms with Crippen LogP contribution in [-0.4, -0.2) is 15.0 Å². The largest absolute Gasteiger partial charge is 0.546 e. The van der Waals surface area contributed by atoms with Crippen LogP contribution in [-0.2, 0) is 5.41 Å². The third-order valence-electron chi connectivity index (χ3n) is 3.55. The number of para-hydroxylation sites is 1. The normalized spacial score (nSPS) is 10.8. The van der Waals surface area contributed by atoms with Crippen molar-refractivity contribution in [2.24, 2.45) is 9.98 Å². The zero-order valence-electron chi connectivity index (χ0n) is 15.7. The van der Waals surface area contributed by atoms with Gasteiger partial charge < -0.3 is 4.43 Å². The number of benzene rings is 2. The molecule has 0 unspecified atom stereocenters. The van der Waals surface area contributed by atoms with Gasteiger partial charge in [0, 0.05) is 10.0 Å². The van der Waals surface area contributed by atoms with Crippen molar-refractivity contribution in [2.45, 2.75) is 39.3 Å². The first-order valence-electron chi connectivity index (χ1n) is 8.39. The SMILES string of the molecule is C[SiH](C)Oc1c(C#N)ccc(N=C=Nc2ccccc2Br)c1C(C)(C)C. The summed E-state index contributed by atoms with van der Waals surface area (Å²) in [7, 11) is -1.39. The highest BCUT2D eigenvalue weighted by Gasteiger charge is 2.26. The molecule has 2 rings (SSSR count). The van der Waals surface area contributed by atoms with Crippen LogP contribution in [0.15, 0.2) is 50.9 Å². The van der Waals surface area contributed by atoms with Crippen LogP contribution >= 0.6 is 15.9 Å². The molecule has 0 saturated carbocycles. The van der Waals surface area contributed by atoms with Crippen LogP contribution < -0.4 is 4.43 Å². The van der Waals surface area contributed by atoms with Gasteiger partial charge in [-0.3, -0.25) is 0 Å². The molecule has 26 heavy (non-hydrogen) atoms. The molecule has 6 heteroatoms. The Hall–Kier alpha value is -2.19. The maximum absolute atomic E-state index is 9.48. The summed E-state index contributed by atoms with van der Waals surface area (Å²) in [5, 5.41) is 9.48.